The topological polar surface area (TPSA) is 91.2 Å². The Bertz CT molecular complexity index is 700. The molecule has 0 radical (unpaired) electrons. The van der Waals surface area contributed by atoms with Crippen LogP contribution in [0.3, 0.4) is 0 Å². The van der Waals surface area contributed by atoms with Crippen LogP contribution in [0.2, 0.25) is 0 Å². The summed E-state index contributed by atoms with van der Waals surface area (Å²) in [5.41, 5.74) is 0.952. The summed E-state index contributed by atoms with van der Waals surface area (Å²) in [7, 11) is 0. The highest BCUT2D eigenvalue weighted by Gasteiger charge is 2.41. The van der Waals surface area contributed by atoms with E-state index in [0.717, 1.165) is 5.56 Å². The fourth-order valence-electron chi connectivity index (χ4n) is 2.12. The van der Waals surface area contributed by atoms with Crippen molar-refractivity contribution < 1.29 is 23.9 Å². The van der Waals surface area contributed by atoms with Crippen molar-refractivity contribution in [2.45, 2.75) is 12.2 Å². The number of epoxide rings is 1. The normalized spacial score (nSPS) is 19.0. The van der Waals surface area contributed by atoms with Crippen LogP contribution in [-0.4, -0.2) is 23.8 Å². The largest absolute Gasteiger partial charge is 0.513 e. The highest BCUT2D eigenvalue weighted by atomic mass is 16.7. The van der Waals surface area contributed by atoms with Gasteiger partial charge < -0.3 is 14.2 Å². The zero-order chi connectivity index (χ0) is 16.2. The molecule has 0 amide bonds. The zero-order valence-electron chi connectivity index (χ0n) is 12.0. The monoisotopic (exact) mass is 315 g/mol. The minimum atomic E-state index is -0.874. The first-order valence-corrected chi connectivity index (χ1v) is 6.93. The molecule has 0 aromatic heterocycles. The van der Waals surface area contributed by atoms with Crippen LogP contribution in [0.15, 0.2) is 54.6 Å². The Morgan fingerprint density at radius 3 is 2.48 bits per heavy atom. The lowest BCUT2D eigenvalue weighted by atomic mass is 10.1. The van der Waals surface area contributed by atoms with E-state index >= 15 is 0 Å². The Labute approximate surface area is 131 Å². The van der Waals surface area contributed by atoms with Gasteiger partial charge in [0, 0.05) is 12.1 Å². The van der Waals surface area contributed by atoms with E-state index in [1.807, 2.05) is 30.3 Å². The van der Waals surface area contributed by atoms with Crippen molar-refractivity contribution in [3.05, 3.63) is 70.3 Å². The van der Waals surface area contributed by atoms with Gasteiger partial charge in [-0.05, 0) is 17.7 Å². The number of benzene rings is 2. The van der Waals surface area contributed by atoms with Crippen LogP contribution in [-0.2, 0) is 9.47 Å². The second-order valence-corrected chi connectivity index (χ2v) is 4.92. The minimum Gasteiger partial charge on any atom is -0.431 e. The van der Waals surface area contributed by atoms with Crippen molar-refractivity contribution >= 4 is 11.8 Å². The van der Waals surface area contributed by atoms with Gasteiger partial charge in [-0.1, -0.05) is 30.3 Å². The Kier molecular flexibility index (Phi) is 4.20. The molecule has 1 saturated heterocycles. The third-order valence-corrected chi connectivity index (χ3v) is 3.32. The van der Waals surface area contributed by atoms with E-state index < -0.39 is 11.1 Å². The lowest BCUT2D eigenvalue weighted by molar-refractivity contribution is -0.384. The Morgan fingerprint density at radius 2 is 1.83 bits per heavy atom. The predicted molar refractivity (Wildman–Crippen MR) is 79.1 cm³/mol. The van der Waals surface area contributed by atoms with Gasteiger partial charge in [-0.3, -0.25) is 10.1 Å². The van der Waals surface area contributed by atoms with Crippen molar-refractivity contribution in [3.8, 4) is 5.75 Å². The Morgan fingerprint density at radius 1 is 1.13 bits per heavy atom. The molecule has 1 unspecified atom stereocenters. The van der Waals surface area contributed by atoms with E-state index in [9.17, 15) is 14.9 Å². The molecule has 1 heterocycles. The number of hydrogen-bond donors (Lipinski definition) is 0. The number of non-ortho nitro benzene ring substituents is 1. The van der Waals surface area contributed by atoms with Crippen molar-refractivity contribution in [2.75, 3.05) is 6.61 Å². The highest BCUT2D eigenvalue weighted by molar-refractivity contribution is 5.64. The molecular formula is C16H13NO6. The van der Waals surface area contributed by atoms with E-state index in [1.54, 1.807) is 0 Å². The van der Waals surface area contributed by atoms with Gasteiger partial charge in [0.1, 0.15) is 24.6 Å². The third kappa shape index (κ3) is 3.83. The maximum Gasteiger partial charge on any atom is 0.513 e. The molecule has 0 bridgehead atoms. The molecule has 2 aromatic rings. The van der Waals surface area contributed by atoms with Gasteiger partial charge in [-0.25, -0.2) is 4.79 Å². The summed E-state index contributed by atoms with van der Waals surface area (Å²) in [5, 5.41) is 10.5. The van der Waals surface area contributed by atoms with Gasteiger partial charge in [-0.2, -0.15) is 0 Å². The number of rotatable bonds is 5. The molecule has 0 aliphatic carbocycles. The minimum absolute atomic E-state index is 0.0663. The molecule has 1 aliphatic rings. The fourth-order valence-corrected chi connectivity index (χ4v) is 2.12. The second-order valence-electron chi connectivity index (χ2n) is 4.92. The molecule has 2 atom stereocenters. The molecule has 0 saturated carbocycles. The van der Waals surface area contributed by atoms with E-state index in [1.165, 1.54) is 24.3 Å². The summed E-state index contributed by atoms with van der Waals surface area (Å²) in [4.78, 5) is 21.6. The van der Waals surface area contributed by atoms with Crippen LogP contribution < -0.4 is 4.74 Å². The molecule has 1 aliphatic heterocycles. The molecule has 2 aromatic carbocycles. The average Bonchev–Trinajstić information content (AvgIpc) is 3.34. The summed E-state index contributed by atoms with van der Waals surface area (Å²) in [6.45, 7) is 0.0887. The molecular weight excluding hydrogens is 302 g/mol. The number of nitrogens with zero attached hydrogens (tertiary/aromatic N) is 1. The molecule has 118 valence electrons. The van der Waals surface area contributed by atoms with Crippen LogP contribution in [0.1, 0.15) is 11.7 Å². The molecule has 23 heavy (non-hydrogen) atoms. The first kappa shape index (κ1) is 15.0. The number of nitro benzene ring substituents is 1. The molecule has 7 heteroatoms. The standard InChI is InChI=1S/C16H13NO6/c18-16(22-13-8-6-12(7-9-13)17(19)20)21-10-14-15(23-14)11-4-2-1-3-5-11/h1-9,14-15H,10H2/t14-,15?/m0/s1. The van der Waals surface area contributed by atoms with Crippen molar-refractivity contribution in [2.24, 2.45) is 0 Å². The lowest BCUT2D eigenvalue weighted by Crippen LogP contribution is -2.14. The van der Waals surface area contributed by atoms with Crippen LogP contribution in [0.4, 0.5) is 10.5 Å². The van der Waals surface area contributed by atoms with Crippen LogP contribution in [0.25, 0.3) is 0 Å². The second kappa shape index (κ2) is 6.45. The quantitative estimate of drug-likeness (QED) is 0.276. The summed E-state index contributed by atoms with van der Waals surface area (Å²) >= 11 is 0. The number of carbonyl (C=O) groups is 1. The Balaban J connectivity index is 1.45. The number of hydrogen-bond acceptors (Lipinski definition) is 6. The van der Waals surface area contributed by atoms with Crippen LogP contribution >= 0.6 is 0 Å². The van der Waals surface area contributed by atoms with E-state index in [2.05, 4.69) is 0 Å². The maximum absolute atomic E-state index is 11.6. The van der Waals surface area contributed by atoms with Gasteiger partial charge in [0.2, 0.25) is 0 Å². The highest BCUT2D eigenvalue weighted by Crippen LogP contribution is 2.38. The summed E-state index contributed by atoms with van der Waals surface area (Å²) < 4.78 is 15.3. The number of ether oxygens (including phenoxy) is 3. The molecule has 3 rings (SSSR count). The third-order valence-electron chi connectivity index (χ3n) is 3.32. The van der Waals surface area contributed by atoms with Crippen LogP contribution in [0.5, 0.6) is 5.75 Å². The van der Waals surface area contributed by atoms with Gasteiger partial charge in [0.25, 0.3) is 5.69 Å². The van der Waals surface area contributed by atoms with Crippen molar-refractivity contribution in [1.82, 2.24) is 0 Å². The summed E-state index contributed by atoms with van der Waals surface area (Å²) in [5.74, 6) is 0.178. The SMILES string of the molecule is O=C(OC[C@@H]1OC1c1ccccc1)Oc1ccc([N+](=O)[O-])cc1. The zero-order valence-corrected chi connectivity index (χ0v) is 12.0. The maximum atomic E-state index is 11.6. The Hall–Kier alpha value is -2.93. The van der Waals surface area contributed by atoms with E-state index in [4.69, 9.17) is 14.2 Å². The lowest BCUT2D eigenvalue weighted by Gasteiger charge is -2.04. The fraction of sp³-hybridized carbons (Fsp3) is 0.188. The van der Waals surface area contributed by atoms with Crippen molar-refractivity contribution in [3.63, 3.8) is 0 Å². The van der Waals surface area contributed by atoms with Gasteiger partial charge >= 0.3 is 6.16 Å². The summed E-state index contributed by atoms with van der Waals surface area (Å²) in [6, 6.07) is 14.8. The molecule has 0 spiro atoms. The molecule has 1 fully saturated rings. The average molecular weight is 315 g/mol. The van der Waals surface area contributed by atoms with Gasteiger partial charge in [0.15, 0.2) is 0 Å². The first-order valence-electron chi connectivity index (χ1n) is 6.93. The predicted octanol–water partition coefficient (Wildman–Crippen LogP) is 3.25. The summed E-state index contributed by atoms with van der Waals surface area (Å²) in [6.07, 6.45) is -1.12. The molecule has 0 N–H and O–H groups in total. The molecule has 7 nitrogen and oxygen atoms in total. The van der Waals surface area contributed by atoms with Crippen molar-refractivity contribution in [1.29, 1.82) is 0 Å². The van der Waals surface area contributed by atoms with Gasteiger partial charge in [-0.15, -0.1) is 0 Å². The number of nitro groups is 1. The van der Waals surface area contributed by atoms with E-state index in [-0.39, 0.29) is 30.3 Å². The van der Waals surface area contributed by atoms with Crippen LogP contribution in [0, 0.1) is 10.1 Å². The van der Waals surface area contributed by atoms with E-state index in [0.29, 0.717) is 0 Å². The smallest absolute Gasteiger partial charge is 0.431 e. The van der Waals surface area contributed by atoms with Gasteiger partial charge in [0.05, 0.1) is 4.92 Å². The number of carbonyl (C=O) groups excluding carboxylic acids is 1. The first-order chi connectivity index (χ1) is 11.1.